The number of H-pyrrole nitrogens is 1. The van der Waals surface area contributed by atoms with E-state index in [1.807, 2.05) is 29.8 Å². The zero-order valence-electron chi connectivity index (χ0n) is 9.97. The molecule has 0 spiro atoms. The van der Waals surface area contributed by atoms with Gasteiger partial charge in [0.2, 0.25) is 0 Å². The van der Waals surface area contributed by atoms with Gasteiger partial charge in [-0.3, -0.25) is 5.10 Å². The Hall–Kier alpha value is -1.82. The highest BCUT2D eigenvalue weighted by Crippen LogP contribution is 2.33. The lowest BCUT2D eigenvalue weighted by atomic mass is 10.2. The van der Waals surface area contributed by atoms with E-state index in [9.17, 15) is 0 Å². The zero-order valence-corrected chi connectivity index (χ0v) is 10.8. The summed E-state index contributed by atoms with van der Waals surface area (Å²) < 4.78 is 13.7. The maximum atomic E-state index is 5.66. The first-order valence-electron chi connectivity index (χ1n) is 5.77. The average Bonchev–Trinajstić information content (AvgIpc) is 2.61. The van der Waals surface area contributed by atoms with Gasteiger partial charge in [0.05, 0.1) is 13.2 Å². The van der Waals surface area contributed by atoms with E-state index in [0.29, 0.717) is 18.0 Å². The Kier molecular flexibility index (Phi) is 2.79. The van der Waals surface area contributed by atoms with Gasteiger partial charge in [-0.05, 0) is 30.4 Å². The highest BCUT2D eigenvalue weighted by molar-refractivity contribution is 7.71. The van der Waals surface area contributed by atoms with Crippen molar-refractivity contribution in [1.29, 1.82) is 0 Å². The molecule has 0 amide bonds. The van der Waals surface area contributed by atoms with Crippen LogP contribution in [0, 0.1) is 4.77 Å². The number of hydrogen-bond donors (Lipinski definition) is 1. The number of hydrogen-bond acceptors (Lipinski definition) is 4. The molecule has 0 saturated carbocycles. The summed E-state index contributed by atoms with van der Waals surface area (Å²) in [5.41, 5.74) is 0.953. The van der Waals surface area contributed by atoms with Gasteiger partial charge in [0, 0.05) is 19.0 Å². The fraction of sp³-hybridized carbons (Fsp3) is 0.333. The number of nitrogens with one attached hydrogen (secondary N) is 1. The molecule has 1 aromatic carbocycles. The minimum atomic E-state index is 0.595. The summed E-state index contributed by atoms with van der Waals surface area (Å²) in [6.45, 7) is 1.37. The average molecular weight is 263 g/mol. The number of rotatable bonds is 1. The molecule has 18 heavy (non-hydrogen) atoms. The van der Waals surface area contributed by atoms with Crippen LogP contribution in [-0.2, 0) is 7.05 Å². The maximum Gasteiger partial charge on any atom is 0.195 e. The van der Waals surface area contributed by atoms with Gasteiger partial charge in [-0.15, -0.1) is 0 Å². The van der Waals surface area contributed by atoms with E-state index >= 15 is 0 Å². The maximum absolute atomic E-state index is 5.66. The molecule has 0 bridgehead atoms. The topological polar surface area (TPSA) is 52.1 Å². The van der Waals surface area contributed by atoms with Gasteiger partial charge in [0.1, 0.15) is 0 Å². The second-order valence-electron chi connectivity index (χ2n) is 4.12. The molecule has 2 aromatic rings. The third-order valence-electron chi connectivity index (χ3n) is 2.89. The van der Waals surface area contributed by atoms with Crippen LogP contribution in [0.15, 0.2) is 18.2 Å². The molecule has 6 heteroatoms. The Bertz CT molecular complexity index is 632. The molecule has 0 saturated heterocycles. The SMILES string of the molecule is Cn1c(-c2ccc3c(c2)OCCCO3)n[nH]c1=S. The molecule has 1 aliphatic rings. The predicted molar refractivity (Wildman–Crippen MR) is 69.4 cm³/mol. The van der Waals surface area contributed by atoms with Crippen LogP contribution < -0.4 is 9.47 Å². The van der Waals surface area contributed by atoms with Crippen LogP contribution >= 0.6 is 12.2 Å². The smallest absolute Gasteiger partial charge is 0.195 e. The number of fused-ring (bicyclic) bond motifs is 1. The number of benzene rings is 1. The molecule has 3 rings (SSSR count). The number of ether oxygens (including phenoxy) is 2. The van der Waals surface area contributed by atoms with Crippen molar-refractivity contribution in [3.8, 4) is 22.9 Å². The summed E-state index contributed by atoms with van der Waals surface area (Å²) in [6, 6.07) is 5.80. The van der Waals surface area contributed by atoms with E-state index in [0.717, 1.165) is 29.3 Å². The fourth-order valence-corrected chi connectivity index (χ4v) is 2.04. The zero-order chi connectivity index (χ0) is 12.5. The van der Waals surface area contributed by atoms with Crippen molar-refractivity contribution in [2.24, 2.45) is 7.05 Å². The molecule has 1 aliphatic heterocycles. The summed E-state index contributed by atoms with van der Waals surface area (Å²) in [7, 11) is 1.88. The summed E-state index contributed by atoms with van der Waals surface area (Å²) in [6.07, 6.45) is 0.899. The minimum Gasteiger partial charge on any atom is -0.490 e. The van der Waals surface area contributed by atoms with Crippen molar-refractivity contribution in [2.45, 2.75) is 6.42 Å². The first-order valence-corrected chi connectivity index (χ1v) is 6.18. The minimum absolute atomic E-state index is 0.595. The van der Waals surface area contributed by atoms with Gasteiger partial charge in [0.15, 0.2) is 22.1 Å². The van der Waals surface area contributed by atoms with E-state index in [2.05, 4.69) is 10.2 Å². The fourth-order valence-electron chi connectivity index (χ4n) is 1.91. The van der Waals surface area contributed by atoms with Crippen LogP contribution in [0.4, 0.5) is 0 Å². The first kappa shape index (κ1) is 11.3. The second-order valence-corrected chi connectivity index (χ2v) is 4.51. The molecule has 2 heterocycles. The lowest BCUT2D eigenvalue weighted by Crippen LogP contribution is -1.97. The van der Waals surface area contributed by atoms with Gasteiger partial charge < -0.3 is 14.0 Å². The van der Waals surface area contributed by atoms with Crippen molar-refractivity contribution in [2.75, 3.05) is 13.2 Å². The molecule has 0 unspecified atom stereocenters. The summed E-state index contributed by atoms with van der Waals surface area (Å²) in [4.78, 5) is 0. The molecule has 1 N–H and O–H groups in total. The third-order valence-corrected chi connectivity index (χ3v) is 3.25. The molecule has 94 valence electrons. The van der Waals surface area contributed by atoms with Crippen LogP contribution in [0.25, 0.3) is 11.4 Å². The monoisotopic (exact) mass is 263 g/mol. The quantitative estimate of drug-likeness (QED) is 0.802. The highest BCUT2D eigenvalue weighted by Gasteiger charge is 2.13. The van der Waals surface area contributed by atoms with E-state index in [1.54, 1.807) is 0 Å². The number of aromatic amines is 1. The van der Waals surface area contributed by atoms with Crippen LogP contribution in [0.3, 0.4) is 0 Å². The standard InChI is InChI=1S/C12H13N3O2S/c1-15-11(13-14-12(15)18)8-3-4-9-10(7-8)17-6-2-5-16-9/h3-4,7H,2,5-6H2,1H3,(H,14,18). The van der Waals surface area contributed by atoms with Gasteiger partial charge in [0.25, 0.3) is 0 Å². The Balaban J connectivity index is 2.06. The van der Waals surface area contributed by atoms with Crippen molar-refractivity contribution < 1.29 is 9.47 Å². The molecule has 0 fully saturated rings. The second kappa shape index (κ2) is 4.45. The van der Waals surface area contributed by atoms with E-state index in [-0.39, 0.29) is 0 Å². The van der Waals surface area contributed by atoms with E-state index < -0.39 is 0 Å². The van der Waals surface area contributed by atoms with Gasteiger partial charge in [-0.2, -0.15) is 5.10 Å². The third kappa shape index (κ3) is 1.88. The predicted octanol–water partition coefficient (Wildman–Crippen LogP) is 2.31. The molecule has 5 nitrogen and oxygen atoms in total. The summed E-state index contributed by atoms with van der Waals surface area (Å²) in [5, 5.41) is 6.98. The largest absolute Gasteiger partial charge is 0.490 e. The van der Waals surface area contributed by atoms with Crippen molar-refractivity contribution in [3.63, 3.8) is 0 Å². The molecule has 0 radical (unpaired) electrons. The van der Waals surface area contributed by atoms with Crippen molar-refractivity contribution in [1.82, 2.24) is 14.8 Å². The van der Waals surface area contributed by atoms with Crippen LogP contribution in [0.5, 0.6) is 11.5 Å². The first-order chi connectivity index (χ1) is 8.75. The lowest BCUT2D eigenvalue weighted by Gasteiger charge is -2.08. The van der Waals surface area contributed by atoms with Crippen LogP contribution in [0.2, 0.25) is 0 Å². The molecule has 1 aromatic heterocycles. The summed E-state index contributed by atoms with van der Waals surface area (Å²) in [5.74, 6) is 2.34. The Labute approximate surface area is 109 Å². The van der Waals surface area contributed by atoms with Gasteiger partial charge in [-0.1, -0.05) is 0 Å². The Morgan fingerprint density at radius 2 is 2.06 bits per heavy atom. The van der Waals surface area contributed by atoms with E-state index in [1.165, 1.54) is 0 Å². The van der Waals surface area contributed by atoms with Crippen LogP contribution in [-0.4, -0.2) is 28.0 Å². The van der Waals surface area contributed by atoms with Crippen molar-refractivity contribution >= 4 is 12.2 Å². The lowest BCUT2D eigenvalue weighted by molar-refractivity contribution is 0.297. The molecular formula is C12H13N3O2S. The van der Waals surface area contributed by atoms with Crippen molar-refractivity contribution in [3.05, 3.63) is 23.0 Å². The van der Waals surface area contributed by atoms with Gasteiger partial charge in [-0.25, -0.2) is 0 Å². The summed E-state index contributed by atoms with van der Waals surface area (Å²) >= 11 is 5.11. The highest BCUT2D eigenvalue weighted by atomic mass is 32.1. The van der Waals surface area contributed by atoms with Gasteiger partial charge >= 0.3 is 0 Å². The van der Waals surface area contributed by atoms with E-state index in [4.69, 9.17) is 21.7 Å². The molecular weight excluding hydrogens is 250 g/mol. The Morgan fingerprint density at radius 1 is 1.28 bits per heavy atom. The number of nitrogens with zero attached hydrogens (tertiary/aromatic N) is 2. The Morgan fingerprint density at radius 3 is 2.78 bits per heavy atom. The van der Waals surface area contributed by atoms with Crippen LogP contribution in [0.1, 0.15) is 6.42 Å². The number of aromatic nitrogens is 3. The molecule has 0 atom stereocenters. The normalized spacial score (nSPS) is 14.3. The molecule has 0 aliphatic carbocycles.